The highest BCUT2D eigenvalue weighted by atomic mass is 16.5. The van der Waals surface area contributed by atoms with Gasteiger partial charge < -0.3 is 14.4 Å². The fourth-order valence-corrected chi connectivity index (χ4v) is 4.94. The number of nitrogens with zero attached hydrogens (tertiary/aromatic N) is 2. The minimum atomic E-state index is -0.550. The number of carbonyl (C=O) groups is 2. The third-order valence-electron chi connectivity index (χ3n) is 6.89. The van der Waals surface area contributed by atoms with Gasteiger partial charge >= 0.3 is 0 Å². The van der Waals surface area contributed by atoms with E-state index in [4.69, 9.17) is 9.47 Å². The average molecular weight is 487 g/mol. The number of ether oxygens (including phenoxy) is 2. The molecule has 0 saturated carbocycles. The molecule has 1 aliphatic rings. The quantitative estimate of drug-likeness (QED) is 0.381. The lowest BCUT2D eigenvalue weighted by molar-refractivity contribution is -0.133. The maximum Gasteiger partial charge on any atom is 0.259 e. The van der Waals surface area contributed by atoms with Crippen molar-refractivity contribution in [2.24, 2.45) is 0 Å². The molecule has 1 aliphatic heterocycles. The molecular formula is C30H34N2O4. The van der Waals surface area contributed by atoms with Crippen LogP contribution < -0.4 is 14.4 Å². The van der Waals surface area contributed by atoms with E-state index >= 15 is 0 Å². The second-order valence-electron chi connectivity index (χ2n) is 8.93. The molecule has 36 heavy (non-hydrogen) atoms. The second kappa shape index (κ2) is 11.3. The number of fused-ring (bicyclic) bond motifs is 1. The lowest BCUT2D eigenvalue weighted by Gasteiger charge is -2.43. The van der Waals surface area contributed by atoms with Crippen LogP contribution in [0, 0.1) is 0 Å². The monoisotopic (exact) mass is 486 g/mol. The maximum atomic E-state index is 14.2. The summed E-state index contributed by atoms with van der Waals surface area (Å²) in [7, 11) is 3.24. The zero-order chi connectivity index (χ0) is 25.7. The van der Waals surface area contributed by atoms with E-state index < -0.39 is 12.0 Å². The molecule has 3 aromatic rings. The minimum Gasteiger partial charge on any atom is -0.497 e. The average Bonchev–Trinajstić information content (AvgIpc) is 2.93. The first-order valence-electron chi connectivity index (χ1n) is 12.5. The van der Waals surface area contributed by atoms with E-state index in [1.807, 2.05) is 84.6 Å². The van der Waals surface area contributed by atoms with Crippen molar-refractivity contribution >= 4 is 17.5 Å². The Morgan fingerprint density at radius 2 is 1.50 bits per heavy atom. The molecule has 6 heteroatoms. The molecule has 0 aromatic heterocycles. The molecule has 6 nitrogen and oxygen atoms in total. The van der Waals surface area contributed by atoms with Gasteiger partial charge in [0.1, 0.15) is 11.5 Å². The topological polar surface area (TPSA) is 59.1 Å². The molecular weight excluding hydrogens is 452 g/mol. The molecule has 0 aliphatic carbocycles. The zero-order valence-corrected chi connectivity index (χ0v) is 21.4. The summed E-state index contributed by atoms with van der Waals surface area (Å²) in [5, 5.41) is 0. The smallest absolute Gasteiger partial charge is 0.259 e. The number of carbonyl (C=O) groups excluding carboxylic acids is 2. The molecule has 188 valence electrons. The fraction of sp³-hybridized carbons (Fsp3) is 0.333. The highest BCUT2D eigenvalue weighted by molar-refractivity contribution is 6.11. The second-order valence-corrected chi connectivity index (χ2v) is 8.93. The molecule has 2 atom stereocenters. The van der Waals surface area contributed by atoms with E-state index in [0.29, 0.717) is 30.1 Å². The fourth-order valence-electron chi connectivity index (χ4n) is 4.94. The van der Waals surface area contributed by atoms with Gasteiger partial charge in [-0.15, -0.1) is 0 Å². The van der Waals surface area contributed by atoms with E-state index in [1.165, 1.54) is 0 Å². The number of hydrogen-bond donors (Lipinski definition) is 0. The minimum absolute atomic E-state index is 0.0326. The Morgan fingerprint density at radius 1 is 0.889 bits per heavy atom. The van der Waals surface area contributed by atoms with E-state index in [9.17, 15) is 9.59 Å². The van der Waals surface area contributed by atoms with Crippen LogP contribution in [-0.2, 0) is 4.79 Å². The predicted molar refractivity (Wildman–Crippen MR) is 142 cm³/mol. The third kappa shape index (κ3) is 4.81. The first-order valence-corrected chi connectivity index (χ1v) is 12.5. The number of methoxy groups -OCH3 is 2. The lowest BCUT2D eigenvalue weighted by Crippen LogP contribution is -2.48. The van der Waals surface area contributed by atoms with Crippen LogP contribution >= 0.6 is 0 Å². The van der Waals surface area contributed by atoms with Crippen LogP contribution in [-0.4, -0.2) is 44.0 Å². The molecule has 0 spiro atoms. The summed E-state index contributed by atoms with van der Waals surface area (Å²) < 4.78 is 10.7. The Hall–Kier alpha value is -3.80. The van der Waals surface area contributed by atoms with Crippen LogP contribution in [0.25, 0.3) is 0 Å². The van der Waals surface area contributed by atoms with E-state index in [1.54, 1.807) is 19.1 Å². The molecule has 3 aromatic carbocycles. The predicted octanol–water partition coefficient (Wildman–Crippen LogP) is 5.84. The van der Waals surface area contributed by atoms with Gasteiger partial charge in [0.25, 0.3) is 5.91 Å². The van der Waals surface area contributed by atoms with E-state index in [0.717, 1.165) is 29.7 Å². The van der Waals surface area contributed by atoms with Crippen molar-refractivity contribution in [3.63, 3.8) is 0 Å². The summed E-state index contributed by atoms with van der Waals surface area (Å²) in [6, 6.07) is 22.1. The van der Waals surface area contributed by atoms with Crippen LogP contribution in [0.15, 0.2) is 72.8 Å². The molecule has 0 saturated heterocycles. The Labute approximate surface area is 213 Å². The van der Waals surface area contributed by atoms with Gasteiger partial charge in [-0.2, -0.15) is 0 Å². The summed E-state index contributed by atoms with van der Waals surface area (Å²) >= 11 is 0. The number of benzene rings is 3. The standard InChI is InChI=1S/C30H34N2O4/c1-5-7-20-31(6-2)30(34)27-25-10-8-9-11-26(25)29(33)32(22-14-18-24(36-4)19-15-22)28(27)21-12-16-23(35-3)17-13-21/h8-19,27-28H,5-7,20H2,1-4H3/t27-,28+/m1/s1. The number of unbranched alkanes of at least 4 members (excludes halogenated alkanes) is 1. The number of hydrogen-bond acceptors (Lipinski definition) is 4. The summed E-state index contributed by atoms with van der Waals surface area (Å²) in [6.07, 6.45) is 1.94. The molecule has 0 fully saturated rings. The van der Waals surface area contributed by atoms with Crippen molar-refractivity contribution in [1.82, 2.24) is 4.90 Å². The van der Waals surface area contributed by atoms with Crippen molar-refractivity contribution in [2.75, 3.05) is 32.2 Å². The number of rotatable bonds is 9. The molecule has 0 radical (unpaired) electrons. The highest BCUT2D eigenvalue weighted by Gasteiger charge is 2.45. The van der Waals surface area contributed by atoms with Gasteiger partial charge in [-0.05, 0) is 66.9 Å². The Bertz CT molecular complexity index is 1190. The largest absolute Gasteiger partial charge is 0.497 e. The summed E-state index contributed by atoms with van der Waals surface area (Å²) in [6.45, 7) is 5.44. The Kier molecular flexibility index (Phi) is 7.93. The van der Waals surface area contributed by atoms with E-state index in [-0.39, 0.29) is 11.8 Å². The molecule has 2 amide bonds. The van der Waals surface area contributed by atoms with Crippen LogP contribution in [0.3, 0.4) is 0 Å². The lowest BCUT2D eigenvalue weighted by atomic mass is 9.78. The van der Waals surface area contributed by atoms with E-state index in [2.05, 4.69) is 6.92 Å². The van der Waals surface area contributed by atoms with Gasteiger partial charge in [0.2, 0.25) is 5.91 Å². The first kappa shape index (κ1) is 25.3. The normalized spacial score (nSPS) is 16.9. The molecule has 4 rings (SSSR count). The summed E-state index contributed by atoms with van der Waals surface area (Å²) in [5.41, 5.74) is 2.92. The molecule has 0 N–H and O–H groups in total. The third-order valence-corrected chi connectivity index (χ3v) is 6.89. The van der Waals surface area contributed by atoms with Crippen LogP contribution in [0.2, 0.25) is 0 Å². The first-order chi connectivity index (χ1) is 17.5. The molecule has 1 heterocycles. The van der Waals surface area contributed by atoms with Crippen molar-refractivity contribution in [1.29, 1.82) is 0 Å². The van der Waals surface area contributed by atoms with Crippen LogP contribution in [0.4, 0.5) is 5.69 Å². The SMILES string of the molecule is CCCCN(CC)C(=O)[C@@H]1c2ccccc2C(=O)N(c2ccc(OC)cc2)[C@H]1c1ccc(OC)cc1. The van der Waals surface area contributed by atoms with Gasteiger partial charge in [-0.25, -0.2) is 0 Å². The van der Waals surface area contributed by atoms with Crippen LogP contribution in [0.5, 0.6) is 11.5 Å². The van der Waals surface area contributed by atoms with Crippen molar-refractivity contribution in [3.05, 3.63) is 89.5 Å². The van der Waals surface area contributed by atoms with Crippen molar-refractivity contribution < 1.29 is 19.1 Å². The van der Waals surface area contributed by atoms with Gasteiger partial charge in [0.05, 0.1) is 26.2 Å². The number of anilines is 1. The van der Waals surface area contributed by atoms with Crippen molar-refractivity contribution in [3.8, 4) is 11.5 Å². The zero-order valence-electron chi connectivity index (χ0n) is 21.4. The van der Waals surface area contributed by atoms with Crippen molar-refractivity contribution in [2.45, 2.75) is 38.6 Å². The van der Waals surface area contributed by atoms with Gasteiger partial charge in [0, 0.05) is 24.3 Å². The summed E-state index contributed by atoms with van der Waals surface area (Å²) in [5.74, 6) is 0.779. The number of amides is 2. The maximum absolute atomic E-state index is 14.2. The molecule has 0 bridgehead atoms. The summed E-state index contributed by atoms with van der Waals surface area (Å²) in [4.78, 5) is 31.9. The van der Waals surface area contributed by atoms with Gasteiger partial charge in [-0.1, -0.05) is 43.7 Å². The van der Waals surface area contributed by atoms with Gasteiger partial charge in [-0.3, -0.25) is 14.5 Å². The Morgan fingerprint density at radius 3 is 2.08 bits per heavy atom. The Balaban J connectivity index is 1.92. The molecule has 0 unspecified atom stereocenters. The van der Waals surface area contributed by atoms with Gasteiger partial charge in [0.15, 0.2) is 0 Å². The highest BCUT2D eigenvalue weighted by Crippen LogP contribution is 2.46. The number of likely N-dealkylation sites (N-methyl/N-ethyl adjacent to an activating group) is 1. The van der Waals surface area contributed by atoms with Crippen LogP contribution in [0.1, 0.15) is 60.1 Å².